The lowest BCUT2D eigenvalue weighted by Crippen LogP contribution is -2.01. The molecule has 15 heavy (non-hydrogen) atoms. The molecular weight excluding hydrogens is 259 g/mol. The van der Waals surface area contributed by atoms with Crippen molar-refractivity contribution in [1.29, 1.82) is 0 Å². The zero-order chi connectivity index (χ0) is 11.4. The fourth-order valence-corrected chi connectivity index (χ4v) is 1.73. The molecule has 0 aliphatic carbocycles. The van der Waals surface area contributed by atoms with E-state index in [4.69, 9.17) is 0 Å². The smallest absolute Gasteiger partial charge is 0.168 e. The third-order valence-corrected chi connectivity index (χ3v) is 2.80. The first-order chi connectivity index (χ1) is 7.04. The second-order valence-electron chi connectivity index (χ2n) is 3.33. The van der Waals surface area contributed by atoms with E-state index in [1.54, 1.807) is 0 Å². The first-order valence-corrected chi connectivity index (χ1v) is 5.48. The molecule has 0 aliphatic heterocycles. The Hall–Kier alpha value is -0.960. The van der Waals surface area contributed by atoms with Crippen molar-refractivity contribution >= 4 is 21.7 Å². The molecule has 0 bridgehead atoms. The Bertz CT molecular complexity index is 399. The van der Waals surface area contributed by atoms with Crippen molar-refractivity contribution in [1.82, 2.24) is 0 Å². The summed E-state index contributed by atoms with van der Waals surface area (Å²) in [5.74, 6) is -0.388. The number of allylic oxidation sites excluding steroid dienone is 1. The van der Waals surface area contributed by atoms with Crippen molar-refractivity contribution < 1.29 is 9.18 Å². The molecule has 3 heteroatoms. The van der Waals surface area contributed by atoms with E-state index >= 15 is 0 Å². The van der Waals surface area contributed by atoms with Crippen molar-refractivity contribution in [2.45, 2.75) is 19.8 Å². The van der Waals surface area contributed by atoms with Gasteiger partial charge in [0.1, 0.15) is 5.82 Å². The van der Waals surface area contributed by atoms with Gasteiger partial charge in [0.2, 0.25) is 0 Å². The fraction of sp³-hybridized carbons (Fsp3) is 0.250. The lowest BCUT2D eigenvalue weighted by molar-refractivity contribution is 0.0991. The van der Waals surface area contributed by atoms with Crippen molar-refractivity contribution in [3.8, 4) is 0 Å². The zero-order valence-corrected chi connectivity index (χ0v) is 10.1. The van der Waals surface area contributed by atoms with Gasteiger partial charge >= 0.3 is 0 Å². The Balaban J connectivity index is 2.87. The molecule has 0 amide bonds. The monoisotopic (exact) mass is 270 g/mol. The van der Waals surface area contributed by atoms with Crippen LogP contribution in [0, 0.1) is 5.82 Å². The maximum atomic E-state index is 12.8. The third-order valence-electron chi connectivity index (χ3n) is 2.14. The van der Waals surface area contributed by atoms with Gasteiger partial charge < -0.3 is 0 Å². The number of rotatable bonds is 4. The predicted octanol–water partition coefficient (Wildman–Crippen LogP) is 4.13. The van der Waals surface area contributed by atoms with Crippen LogP contribution in [0.5, 0.6) is 0 Å². The molecule has 0 aliphatic rings. The molecule has 0 radical (unpaired) electrons. The molecule has 0 aromatic heterocycles. The molecule has 0 unspecified atom stereocenters. The minimum Gasteiger partial charge on any atom is -0.294 e. The predicted molar refractivity (Wildman–Crippen MR) is 62.5 cm³/mol. The lowest BCUT2D eigenvalue weighted by Gasteiger charge is -2.04. The first-order valence-electron chi connectivity index (χ1n) is 4.69. The molecule has 80 valence electrons. The van der Waals surface area contributed by atoms with Crippen molar-refractivity contribution in [2.24, 2.45) is 0 Å². The number of carbonyl (C=O) groups is 1. The molecule has 0 fully saturated rings. The second kappa shape index (κ2) is 5.21. The minimum atomic E-state index is -0.354. The van der Waals surface area contributed by atoms with Gasteiger partial charge in [-0.1, -0.05) is 19.1 Å². The highest BCUT2D eigenvalue weighted by molar-refractivity contribution is 9.10. The van der Waals surface area contributed by atoms with Gasteiger partial charge in [-0.2, -0.15) is 0 Å². The van der Waals surface area contributed by atoms with Crippen molar-refractivity contribution in [2.75, 3.05) is 0 Å². The topological polar surface area (TPSA) is 17.1 Å². The molecule has 1 rings (SSSR count). The van der Waals surface area contributed by atoms with Gasteiger partial charge in [0, 0.05) is 16.5 Å². The lowest BCUT2D eigenvalue weighted by atomic mass is 10.0. The Morgan fingerprint density at radius 1 is 1.53 bits per heavy atom. The van der Waals surface area contributed by atoms with Crippen LogP contribution in [-0.2, 0) is 0 Å². The van der Waals surface area contributed by atoms with Crippen LogP contribution in [0.3, 0.4) is 0 Å². The van der Waals surface area contributed by atoms with E-state index in [0.29, 0.717) is 16.5 Å². The molecule has 1 nitrogen and oxygen atoms in total. The maximum Gasteiger partial charge on any atom is 0.168 e. The average molecular weight is 271 g/mol. The van der Waals surface area contributed by atoms with Gasteiger partial charge in [0.05, 0.1) is 0 Å². The molecule has 1 aromatic rings. The van der Waals surface area contributed by atoms with E-state index in [0.717, 1.165) is 12.0 Å². The highest BCUT2D eigenvalue weighted by Gasteiger charge is 2.11. The highest BCUT2D eigenvalue weighted by atomic mass is 79.9. The number of carbonyl (C=O) groups excluding carboxylic acids is 1. The molecule has 0 spiro atoms. The van der Waals surface area contributed by atoms with Crippen LogP contribution in [0.15, 0.2) is 34.8 Å². The van der Waals surface area contributed by atoms with E-state index in [9.17, 15) is 9.18 Å². The molecule has 0 saturated carbocycles. The number of Topliss-reactive ketones (excluding diaryl/α,β-unsaturated/α-hetero) is 1. The summed E-state index contributed by atoms with van der Waals surface area (Å²) < 4.78 is 13.3. The summed E-state index contributed by atoms with van der Waals surface area (Å²) in [6.07, 6.45) is 1.10. The van der Waals surface area contributed by atoms with Crippen LogP contribution in [0.1, 0.15) is 30.1 Å². The van der Waals surface area contributed by atoms with Crippen molar-refractivity contribution in [3.63, 3.8) is 0 Å². The molecule has 0 N–H and O–H groups in total. The standard InChI is InChI=1S/C12H12BrFO/c1-3-8(2)6-12(15)10-5-4-9(14)7-11(10)13/h4-5,7H,2-3,6H2,1H3. The summed E-state index contributed by atoms with van der Waals surface area (Å²) in [7, 11) is 0. The zero-order valence-electron chi connectivity index (χ0n) is 8.52. The molecule has 1 aromatic carbocycles. The van der Waals surface area contributed by atoms with Crippen LogP contribution >= 0.6 is 15.9 Å². The quantitative estimate of drug-likeness (QED) is 0.594. The number of benzene rings is 1. The van der Waals surface area contributed by atoms with Gasteiger partial charge in [-0.05, 0) is 40.5 Å². The van der Waals surface area contributed by atoms with Crippen LogP contribution in [-0.4, -0.2) is 5.78 Å². The summed E-state index contributed by atoms with van der Waals surface area (Å²) in [6.45, 7) is 5.73. The van der Waals surface area contributed by atoms with E-state index < -0.39 is 0 Å². The maximum absolute atomic E-state index is 12.8. The van der Waals surface area contributed by atoms with E-state index in [1.165, 1.54) is 18.2 Å². The third kappa shape index (κ3) is 3.27. The Morgan fingerprint density at radius 3 is 2.73 bits per heavy atom. The summed E-state index contributed by atoms with van der Waals surface area (Å²) in [4.78, 5) is 11.7. The highest BCUT2D eigenvalue weighted by Crippen LogP contribution is 2.21. The Labute approximate surface area is 97.1 Å². The summed E-state index contributed by atoms with van der Waals surface area (Å²) in [6, 6.07) is 4.07. The SMILES string of the molecule is C=C(CC)CC(=O)c1ccc(F)cc1Br. The molecule has 0 saturated heterocycles. The van der Waals surface area contributed by atoms with Crippen LogP contribution in [0.25, 0.3) is 0 Å². The van der Waals surface area contributed by atoms with Crippen LogP contribution < -0.4 is 0 Å². The Kier molecular flexibility index (Phi) is 4.21. The Morgan fingerprint density at radius 2 is 2.20 bits per heavy atom. The van der Waals surface area contributed by atoms with E-state index in [2.05, 4.69) is 22.5 Å². The van der Waals surface area contributed by atoms with Gasteiger partial charge in [-0.25, -0.2) is 4.39 Å². The van der Waals surface area contributed by atoms with Crippen LogP contribution in [0.4, 0.5) is 4.39 Å². The second-order valence-corrected chi connectivity index (χ2v) is 4.18. The van der Waals surface area contributed by atoms with Crippen molar-refractivity contribution in [3.05, 3.63) is 46.2 Å². The summed E-state index contributed by atoms with van der Waals surface area (Å²) in [5, 5.41) is 0. The summed E-state index contributed by atoms with van der Waals surface area (Å²) in [5.41, 5.74) is 1.39. The van der Waals surface area contributed by atoms with Gasteiger partial charge in [-0.15, -0.1) is 0 Å². The average Bonchev–Trinajstić information content (AvgIpc) is 2.17. The van der Waals surface area contributed by atoms with E-state index in [-0.39, 0.29) is 11.6 Å². The van der Waals surface area contributed by atoms with Gasteiger partial charge in [0.15, 0.2) is 5.78 Å². The molecule has 0 atom stereocenters. The van der Waals surface area contributed by atoms with Gasteiger partial charge in [0.25, 0.3) is 0 Å². The molecule has 0 heterocycles. The number of halogens is 2. The summed E-state index contributed by atoms with van der Waals surface area (Å²) >= 11 is 3.17. The number of hydrogen-bond acceptors (Lipinski definition) is 1. The number of hydrogen-bond donors (Lipinski definition) is 0. The normalized spacial score (nSPS) is 10.1. The van der Waals surface area contributed by atoms with Gasteiger partial charge in [-0.3, -0.25) is 4.79 Å². The van der Waals surface area contributed by atoms with E-state index in [1.807, 2.05) is 6.92 Å². The minimum absolute atomic E-state index is 0.0336. The molecular formula is C12H12BrFO. The first kappa shape index (κ1) is 12.1. The fourth-order valence-electron chi connectivity index (χ4n) is 1.16. The van der Waals surface area contributed by atoms with Crippen LogP contribution in [0.2, 0.25) is 0 Å². The largest absolute Gasteiger partial charge is 0.294 e. The number of ketones is 1.